The van der Waals surface area contributed by atoms with Crippen LogP contribution in [0.25, 0.3) is 10.9 Å². The molecule has 0 spiro atoms. The topological polar surface area (TPSA) is 70.4 Å². The maximum Gasteiger partial charge on any atom is 0.230 e. The van der Waals surface area contributed by atoms with E-state index < -0.39 is 23.2 Å². The number of rotatable bonds is 7. The average molecular weight is 535 g/mol. The number of carbonyl (C=O) groups is 1. The van der Waals surface area contributed by atoms with Gasteiger partial charge in [0.05, 0.1) is 11.4 Å². The van der Waals surface area contributed by atoms with Crippen LogP contribution in [0.15, 0.2) is 67.1 Å². The highest BCUT2D eigenvalue weighted by molar-refractivity contribution is 5.86. The molecule has 2 aliphatic rings. The van der Waals surface area contributed by atoms with Crippen molar-refractivity contribution in [2.75, 3.05) is 13.1 Å². The first-order chi connectivity index (χ1) is 18.8. The first-order valence-electron chi connectivity index (χ1n) is 13.2. The summed E-state index contributed by atoms with van der Waals surface area (Å²) in [5, 5.41) is 15.4. The van der Waals surface area contributed by atoms with Crippen LogP contribution in [0.1, 0.15) is 36.0 Å². The quantitative estimate of drug-likeness (QED) is 0.367. The maximum absolute atomic E-state index is 15.2. The molecule has 2 aromatic carbocycles. The number of carbonyl (C=O) groups excluding carboxylic acids is 1. The van der Waals surface area contributed by atoms with Gasteiger partial charge in [0.25, 0.3) is 0 Å². The van der Waals surface area contributed by atoms with Crippen molar-refractivity contribution in [2.45, 2.75) is 44.0 Å². The van der Waals surface area contributed by atoms with Gasteiger partial charge in [0, 0.05) is 49.7 Å². The van der Waals surface area contributed by atoms with Gasteiger partial charge in [-0.05, 0) is 72.8 Å². The fourth-order valence-electron chi connectivity index (χ4n) is 5.76. The van der Waals surface area contributed by atoms with Crippen molar-refractivity contribution in [3.63, 3.8) is 0 Å². The minimum atomic E-state index is -1.66. The standard InChI is InChI=1S/C30H29F3N4O2/c31-24-9-6-21(13-26(24)33)30(39)10-12-35-15-23(30)29(38)37(22-7-8-22)18-20-17-36(16-19-3-2-11-34-14-19)27-5-1-4-25(32)28(20)27/h1-6,9,11,13-14,17,22-23,35,39H,7-8,10,12,15-16,18H2/t23-,30+/m1/s1. The SMILES string of the molecule is O=C([C@H]1CNCC[C@]1(O)c1ccc(F)c(F)c1)N(Cc1cn(Cc2cccnc2)c2cccc(F)c12)C1CC1. The molecule has 2 aromatic heterocycles. The summed E-state index contributed by atoms with van der Waals surface area (Å²) in [6, 6.07) is 12.0. The molecular weight excluding hydrogens is 505 g/mol. The van der Waals surface area contributed by atoms with E-state index in [2.05, 4.69) is 10.3 Å². The number of piperidine rings is 1. The monoisotopic (exact) mass is 534 g/mol. The summed E-state index contributed by atoms with van der Waals surface area (Å²) in [5.74, 6) is -3.65. The average Bonchev–Trinajstić information content (AvgIpc) is 3.72. The number of fused-ring (bicyclic) bond motifs is 1. The van der Waals surface area contributed by atoms with Crippen molar-refractivity contribution >= 4 is 16.8 Å². The largest absolute Gasteiger partial charge is 0.384 e. The number of hydrogen-bond donors (Lipinski definition) is 2. The lowest BCUT2D eigenvalue weighted by atomic mass is 9.75. The van der Waals surface area contributed by atoms with Crippen LogP contribution < -0.4 is 5.32 Å². The van der Waals surface area contributed by atoms with Crippen molar-refractivity contribution in [2.24, 2.45) is 5.92 Å². The lowest BCUT2D eigenvalue weighted by Crippen LogP contribution is -2.55. The summed E-state index contributed by atoms with van der Waals surface area (Å²) < 4.78 is 44.9. The molecule has 1 saturated carbocycles. The van der Waals surface area contributed by atoms with Crippen molar-refractivity contribution in [1.29, 1.82) is 0 Å². The van der Waals surface area contributed by atoms with E-state index in [0.29, 0.717) is 24.0 Å². The van der Waals surface area contributed by atoms with Gasteiger partial charge in [-0.15, -0.1) is 0 Å². The van der Waals surface area contributed by atoms with Crippen LogP contribution in [0, 0.1) is 23.4 Å². The molecule has 6 nitrogen and oxygen atoms in total. The number of amides is 1. The summed E-state index contributed by atoms with van der Waals surface area (Å²) in [4.78, 5) is 20.0. The summed E-state index contributed by atoms with van der Waals surface area (Å²) >= 11 is 0. The molecule has 1 amide bonds. The highest BCUT2D eigenvalue weighted by Crippen LogP contribution is 2.40. The molecule has 0 radical (unpaired) electrons. The van der Waals surface area contributed by atoms with Crippen LogP contribution in [-0.4, -0.2) is 44.6 Å². The van der Waals surface area contributed by atoms with E-state index in [4.69, 9.17) is 0 Å². The first kappa shape index (κ1) is 25.6. The smallest absolute Gasteiger partial charge is 0.230 e. The first-order valence-corrected chi connectivity index (χ1v) is 13.2. The van der Waals surface area contributed by atoms with E-state index in [1.807, 2.05) is 29.0 Å². The van der Waals surface area contributed by atoms with Crippen LogP contribution in [-0.2, 0) is 23.5 Å². The number of aromatic nitrogens is 2. The van der Waals surface area contributed by atoms with E-state index in [1.165, 1.54) is 12.1 Å². The molecule has 2 N–H and O–H groups in total. The molecule has 1 aliphatic heterocycles. The van der Waals surface area contributed by atoms with Gasteiger partial charge in [-0.1, -0.05) is 18.2 Å². The Kier molecular flexibility index (Phi) is 6.64. The summed E-state index contributed by atoms with van der Waals surface area (Å²) in [6.07, 6.45) is 7.14. The number of aliphatic hydroxyl groups is 1. The molecular formula is C30H29F3N4O2. The minimum Gasteiger partial charge on any atom is -0.384 e. The number of pyridine rings is 1. The van der Waals surface area contributed by atoms with Gasteiger partial charge in [-0.3, -0.25) is 9.78 Å². The van der Waals surface area contributed by atoms with Crippen molar-refractivity contribution < 1.29 is 23.1 Å². The number of nitrogens with zero attached hydrogens (tertiary/aromatic N) is 3. The van der Waals surface area contributed by atoms with E-state index >= 15 is 4.39 Å². The zero-order valence-corrected chi connectivity index (χ0v) is 21.3. The fourth-order valence-corrected chi connectivity index (χ4v) is 5.76. The van der Waals surface area contributed by atoms with Gasteiger partial charge in [-0.25, -0.2) is 13.2 Å². The third-order valence-electron chi connectivity index (χ3n) is 7.95. The highest BCUT2D eigenvalue weighted by Gasteiger charge is 2.48. The molecule has 3 heterocycles. The molecule has 2 fully saturated rings. The van der Waals surface area contributed by atoms with Crippen LogP contribution in [0.4, 0.5) is 13.2 Å². The third kappa shape index (κ3) is 4.81. The summed E-state index contributed by atoms with van der Waals surface area (Å²) in [6.45, 7) is 1.28. The lowest BCUT2D eigenvalue weighted by molar-refractivity contribution is -0.150. The fraction of sp³-hybridized carbons (Fsp3) is 0.333. The molecule has 39 heavy (non-hydrogen) atoms. The second-order valence-corrected chi connectivity index (χ2v) is 10.5. The molecule has 0 unspecified atom stereocenters. The van der Waals surface area contributed by atoms with Crippen LogP contribution in [0.3, 0.4) is 0 Å². The Bertz CT molecular complexity index is 1520. The van der Waals surface area contributed by atoms with Gasteiger partial charge in [0.2, 0.25) is 5.91 Å². The Balaban J connectivity index is 1.35. The number of benzene rings is 2. The Morgan fingerprint density at radius 3 is 2.69 bits per heavy atom. The Labute approximate surface area is 224 Å². The number of nitrogens with one attached hydrogen (secondary N) is 1. The molecule has 2 atom stereocenters. The molecule has 4 aromatic rings. The van der Waals surface area contributed by atoms with E-state index in [1.54, 1.807) is 23.4 Å². The Morgan fingerprint density at radius 2 is 1.95 bits per heavy atom. The van der Waals surface area contributed by atoms with Gasteiger partial charge in [-0.2, -0.15) is 0 Å². The third-order valence-corrected chi connectivity index (χ3v) is 7.95. The lowest BCUT2D eigenvalue weighted by Gasteiger charge is -2.42. The van der Waals surface area contributed by atoms with Crippen LogP contribution >= 0.6 is 0 Å². The predicted octanol–water partition coefficient (Wildman–Crippen LogP) is 4.49. The minimum absolute atomic E-state index is 0.0304. The van der Waals surface area contributed by atoms with Gasteiger partial charge in [0.15, 0.2) is 11.6 Å². The molecule has 1 aliphatic carbocycles. The zero-order valence-electron chi connectivity index (χ0n) is 21.3. The van der Waals surface area contributed by atoms with Gasteiger partial charge in [0.1, 0.15) is 11.4 Å². The van der Waals surface area contributed by atoms with Crippen LogP contribution in [0.2, 0.25) is 0 Å². The van der Waals surface area contributed by atoms with E-state index in [-0.39, 0.29) is 42.8 Å². The zero-order chi connectivity index (χ0) is 27.1. The van der Waals surface area contributed by atoms with E-state index in [9.17, 15) is 18.7 Å². The van der Waals surface area contributed by atoms with Crippen molar-refractivity contribution in [1.82, 2.24) is 19.8 Å². The molecule has 202 valence electrons. The normalized spacial score (nSPS) is 21.3. The molecule has 6 rings (SSSR count). The second kappa shape index (κ2) is 10.1. The van der Waals surface area contributed by atoms with E-state index in [0.717, 1.165) is 36.1 Å². The number of halogens is 3. The Morgan fingerprint density at radius 1 is 1.10 bits per heavy atom. The van der Waals surface area contributed by atoms with Gasteiger partial charge < -0.3 is 19.9 Å². The maximum atomic E-state index is 15.2. The summed E-state index contributed by atoms with van der Waals surface area (Å²) in [5.41, 5.74) is 0.868. The van der Waals surface area contributed by atoms with Crippen LogP contribution in [0.5, 0.6) is 0 Å². The van der Waals surface area contributed by atoms with Gasteiger partial charge >= 0.3 is 0 Å². The molecule has 0 bridgehead atoms. The van der Waals surface area contributed by atoms with Crippen molar-refractivity contribution in [3.8, 4) is 0 Å². The van der Waals surface area contributed by atoms with Crippen molar-refractivity contribution in [3.05, 3.63) is 101 Å². The number of hydrogen-bond acceptors (Lipinski definition) is 4. The molecule has 1 saturated heterocycles. The highest BCUT2D eigenvalue weighted by atomic mass is 19.2. The molecule has 9 heteroatoms. The predicted molar refractivity (Wildman–Crippen MR) is 140 cm³/mol. The second-order valence-electron chi connectivity index (χ2n) is 10.5. The summed E-state index contributed by atoms with van der Waals surface area (Å²) in [7, 11) is 0. The Hall–Kier alpha value is -3.69.